The molecule has 70 valence electrons. The highest BCUT2D eigenvalue weighted by Crippen LogP contribution is 2.26. The Balaban J connectivity index is 3.26. The molecule has 0 heterocycles. The summed E-state index contributed by atoms with van der Waals surface area (Å²) in [6.07, 6.45) is 1.70. The Morgan fingerprint density at radius 2 is 2.23 bits per heavy atom. The molecule has 0 aliphatic carbocycles. The third-order valence-corrected chi connectivity index (χ3v) is 2.64. The van der Waals surface area contributed by atoms with Crippen molar-refractivity contribution < 1.29 is 9.53 Å². The summed E-state index contributed by atoms with van der Waals surface area (Å²) in [5, 5.41) is 0. The third-order valence-electron chi connectivity index (χ3n) is 1.91. The van der Waals surface area contributed by atoms with Crippen LogP contribution in [0.2, 0.25) is 0 Å². The largest absolute Gasteiger partial charge is 0.496 e. The number of carbonyl (C=O) groups is 1. The van der Waals surface area contributed by atoms with Crippen LogP contribution >= 0.6 is 15.9 Å². The lowest BCUT2D eigenvalue weighted by Crippen LogP contribution is -1.93. The molecular weight excluding hydrogens is 232 g/mol. The summed E-state index contributed by atoms with van der Waals surface area (Å²) in [6, 6.07) is 3.67. The fourth-order valence-corrected chi connectivity index (χ4v) is 1.76. The van der Waals surface area contributed by atoms with E-state index in [1.54, 1.807) is 7.11 Å². The van der Waals surface area contributed by atoms with E-state index in [0.29, 0.717) is 11.3 Å². The Bertz CT molecular complexity index is 321. The number of rotatable bonds is 3. The van der Waals surface area contributed by atoms with Gasteiger partial charge in [0.1, 0.15) is 5.75 Å². The molecule has 13 heavy (non-hydrogen) atoms. The van der Waals surface area contributed by atoms with Gasteiger partial charge in [0.25, 0.3) is 0 Å². The molecule has 0 spiro atoms. The molecule has 1 rings (SSSR count). The van der Waals surface area contributed by atoms with E-state index in [1.165, 1.54) is 0 Å². The highest BCUT2D eigenvalue weighted by atomic mass is 79.9. The lowest BCUT2D eigenvalue weighted by molar-refractivity contribution is 0.112. The van der Waals surface area contributed by atoms with Gasteiger partial charge in [0.05, 0.1) is 12.7 Å². The Morgan fingerprint density at radius 1 is 1.54 bits per heavy atom. The number of aldehydes is 1. The highest BCUT2D eigenvalue weighted by molar-refractivity contribution is 9.10. The molecule has 0 aliphatic heterocycles. The Hall–Kier alpha value is -0.830. The monoisotopic (exact) mass is 242 g/mol. The first-order valence-corrected chi connectivity index (χ1v) is 4.83. The van der Waals surface area contributed by atoms with Gasteiger partial charge in [0.2, 0.25) is 0 Å². The summed E-state index contributed by atoms with van der Waals surface area (Å²) in [6.45, 7) is 2.04. The maximum Gasteiger partial charge on any atom is 0.153 e. The molecule has 0 amide bonds. The van der Waals surface area contributed by atoms with E-state index in [-0.39, 0.29) is 0 Å². The number of ether oxygens (including phenoxy) is 1. The van der Waals surface area contributed by atoms with Crippen molar-refractivity contribution >= 4 is 22.2 Å². The van der Waals surface area contributed by atoms with E-state index in [4.69, 9.17) is 4.74 Å². The molecule has 0 unspecified atom stereocenters. The number of aryl methyl sites for hydroxylation is 1. The van der Waals surface area contributed by atoms with Crippen molar-refractivity contribution in [3.63, 3.8) is 0 Å². The molecule has 0 bridgehead atoms. The number of hydrogen-bond donors (Lipinski definition) is 0. The Kier molecular flexibility index (Phi) is 3.48. The second kappa shape index (κ2) is 4.42. The first-order valence-electron chi connectivity index (χ1n) is 4.04. The van der Waals surface area contributed by atoms with Gasteiger partial charge < -0.3 is 4.74 Å². The van der Waals surface area contributed by atoms with Crippen LogP contribution in [-0.2, 0) is 6.42 Å². The van der Waals surface area contributed by atoms with Gasteiger partial charge in [-0.05, 0) is 24.1 Å². The van der Waals surface area contributed by atoms with Gasteiger partial charge >= 0.3 is 0 Å². The molecule has 0 fully saturated rings. The summed E-state index contributed by atoms with van der Waals surface area (Å²) < 4.78 is 6.04. The number of carbonyl (C=O) groups excluding carboxylic acids is 1. The topological polar surface area (TPSA) is 26.3 Å². The van der Waals surface area contributed by atoms with Crippen molar-refractivity contribution in [2.45, 2.75) is 13.3 Å². The van der Waals surface area contributed by atoms with Crippen molar-refractivity contribution in [3.8, 4) is 5.75 Å². The molecule has 0 aromatic heterocycles. The van der Waals surface area contributed by atoms with E-state index in [0.717, 1.165) is 22.7 Å². The molecule has 0 radical (unpaired) electrons. The van der Waals surface area contributed by atoms with Crippen molar-refractivity contribution in [3.05, 3.63) is 27.7 Å². The fourth-order valence-electron chi connectivity index (χ4n) is 1.16. The van der Waals surface area contributed by atoms with Gasteiger partial charge in [0.15, 0.2) is 6.29 Å². The minimum atomic E-state index is 0.600. The van der Waals surface area contributed by atoms with Crippen molar-refractivity contribution in [1.29, 1.82) is 0 Å². The summed E-state index contributed by atoms with van der Waals surface area (Å²) in [5.41, 5.74) is 1.71. The van der Waals surface area contributed by atoms with Gasteiger partial charge in [-0.15, -0.1) is 0 Å². The van der Waals surface area contributed by atoms with Gasteiger partial charge in [0, 0.05) is 4.47 Å². The molecule has 0 aliphatic rings. The predicted molar refractivity (Wildman–Crippen MR) is 55.5 cm³/mol. The van der Waals surface area contributed by atoms with E-state index < -0.39 is 0 Å². The Labute approximate surface area is 86.0 Å². The molecule has 1 aromatic carbocycles. The average Bonchev–Trinajstić information content (AvgIpc) is 2.17. The van der Waals surface area contributed by atoms with Crippen LogP contribution in [0.25, 0.3) is 0 Å². The smallest absolute Gasteiger partial charge is 0.153 e. The lowest BCUT2D eigenvalue weighted by atomic mass is 10.1. The van der Waals surface area contributed by atoms with Crippen LogP contribution in [-0.4, -0.2) is 13.4 Å². The maximum atomic E-state index is 10.7. The first kappa shape index (κ1) is 10.3. The molecule has 0 saturated heterocycles. The molecule has 0 atom stereocenters. The zero-order valence-corrected chi connectivity index (χ0v) is 9.22. The fraction of sp³-hybridized carbons (Fsp3) is 0.300. The van der Waals surface area contributed by atoms with Gasteiger partial charge in [-0.1, -0.05) is 22.9 Å². The van der Waals surface area contributed by atoms with E-state index in [1.807, 2.05) is 19.1 Å². The van der Waals surface area contributed by atoms with Crippen molar-refractivity contribution in [2.24, 2.45) is 0 Å². The standard InChI is InChI=1S/C10H11BrO2/c1-3-7-4-8(6-12)10(13-2)5-9(7)11/h4-6H,3H2,1-2H3. The average molecular weight is 243 g/mol. The van der Waals surface area contributed by atoms with Crippen LogP contribution in [0.5, 0.6) is 5.75 Å². The Morgan fingerprint density at radius 3 is 2.69 bits per heavy atom. The molecular formula is C10H11BrO2. The van der Waals surface area contributed by atoms with Crippen molar-refractivity contribution in [2.75, 3.05) is 7.11 Å². The lowest BCUT2D eigenvalue weighted by Gasteiger charge is -2.07. The second-order valence-corrected chi connectivity index (χ2v) is 3.51. The summed E-state index contributed by atoms with van der Waals surface area (Å²) in [5.74, 6) is 0.610. The number of methoxy groups -OCH3 is 1. The molecule has 1 aromatic rings. The summed E-state index contributed by atoms with van der Waals surface area (Å²) in [4.78, 5) is 10.7. The SMILES string of the molecule is CCc1cc(C=O)c(OC)cc1Br. The predicted octanol–water partition coefficient (Wildman–Crippen LogP) is 2.83. The molecule has 2 nitrogen and oxygen atoms in total. The first-order chi connectivity index (χ1) is 6.22. The van der Waals surface area contributed by atoms with Gasteiger partial charge in [-0.25, -0.2) is 0 Å². The van der Waals surface area contributed by atoms with Gasteiger partial charge in [-0.2, -0.15) is 0 Å². The van der Waals surface area contributed by atoms with Crippen LogP contribution in [0.4, 0.5) is 0 Å². The van der Waals surface area contributed by atoms with Crippen LogP contribution in [0.1, 0.15) is 22.8 Å². The molecule has 0 N–H and O–H groups in total. The molecule has 0 saturated carbocycles. The van der Waals surface area contributed by atoms with Crippen LogP contribution in [0.15, 0.2) is 16.6 Å². The van der Waals surface area contributed by atoms with E-state index in [2.05, 4.69) is 15.9 Å². The van der Waals surface area contributed by atoms with Crippen LogP contribution in [0, 0.1) is 0 Å². The zero-order valence-electron chi connectivity index (χ0n) is 7.63. The van der Waals surface area contributed by atoms with Gasteiger partial charge in [-0.3, -0.25) is 4.79 Å². The van der Waals surface area contributed by atoms with Crippen LogP contribution in [0.3, 0.4) is 0 Å². The van der Waals surface area contributed by atoms with Crippen LogP contribution < -0.4 is 4.74 Å². The summed E-state index contributed by atoms with van der Waals surface area (Å²) >= 11 is 3.42. The third kappa shape index (κ3) is 2.10. The second-order valence-electron chi connectivity index (χ2n) is 2.66. The minimum absolute atomic E-state index is 0.600. The number of benzene rings is 1. The highest BCUT2D eigenvalue weighted by Gasteiger charge is 2.06. The summed E-state index contributed by atoms with van der Waals surface area (Å²) in [7, 11) is 1.56. The quantitative estimate of drug-likeness (QED) is 0.763. The van der Waals surface area contributed by atoms with E-state index in [9.17, 15) is 4.79 Å². The molecule has 3 heteroatoms. The van der Waals surface area contributed by atoms with Crippen molar-refractivity contribution in [1.82, 2.24) is 0 Å². The maximum absolute atomic E-state index is 10.7. The number of hydrogen-bond acceptors (Lipinski definition) is 2. The zero-order chi connectivity index (χ0) is 9.84. The normalized spacial score (nSPS) is 9.77. The minimum Gasteiger partial charge on any atom is -0.496 e. The number of halogens is 1. The van der Waals surface area contributed by atoms with E-state index >= 15 is 0 Å².